The highest BCUT2D eigenvalue weighted by Gasteiger charge is 2.43. The number of nitrogens with two attached hydrogens (primary N) is 1. The van der Waals surface area contributed by atoms with Crippen LogP contribution in [0.1, 0.15) is 0 Å². The van der Waals surface area contributed by atoms with E-state index in [2.05, 4.69) is 25.6 Å². The Kier molecular flexibility index (Phi) is 3.17. The molecule has 0 aromatic carbocycles. The molecule has 3 aliphatic rings. The first-order valence-electron chi connectivity index (χ1n) is 6.99. The predicted octanol–water partition coefficient (Wildman–Crippen LogP) is -0.733. The van der Waals surface area contributed by atoms with Crippen LogP contribution in [0.5, 0.6) is 0 Å². The Hall–Kier alpha value is -1.45. The number of anilines is 1. The van der Waals surface area contributed by atoms with Crippen LogP contribution in [-0.2, 0) is 4.79 Å². The standard InChI is InChI=1S/C11H16N6O2S/c12-9-13-10(15-11(14-9)20-7-8(18)19)17-4-1-16(2-5-17)3-6-17/h1-7H2,(H2-,12,13,14,15,18,19)/p+1/i/hD. The minimum atomic E-state index is -0.916. The van der Waals surface area contributed by atoms with Crippen LogP contribution in [0.4, 0.5) is 11.9 Å². The van der Waals surface area contributed by atoms with E-state index in [-0.39, 0.29) is 11.7 Å². The molecule has 1 aromatic rings. The monoisotopic (exact) mass is 298 g/mol. The Labute approximate surface area is 122 Å². The van der Waals surface area contributed by atoms with E-state index in [0.717, 1.165) is 51.0 Å². The fourth-order valence-electron chi connectivity index (χ4n) is 2.72. The van der Waals surface area contributed by atoms with Crippen molar-refractivity contribution < 1.29 is 11.3 Å². The summed E-state index contributed by atoms with van der Waals surface area (Å²) >= 11 is 1.05. The third-order valence-corrected chi connectivity index (χ3v) is 4.72. The van der Waals surface area contributed by atoms with Crippen molar-refractivity contribution in [3.8, 4) is 0 Å². The molecule has 0 atom stereocenters. The van der Waals surface area contributed by atoms with Crippen LogP contribution in [-0.4, -0.2) is 75.9 Å². The Bertz CT molecular complexity index is 538. The number of quaternary nitrogens is 1. The highest BCUT2D eigenvalue weighted by Crippen LogP contribution is 2.27. The minimum absolute atomic E-state index is 0.103. The molecule has 0 aliphatic carbocycles. The summed E-state index contributed by atoms with van der Waals surface area (Å²) in [6.07, 6.45) is 0. The summed E-state index contributed by atoms with van der Waals surface area (Å²) in [4.78, 5) is 26.0. The summed E-state index contributed by atoms with van der Waals surface area (Å²) < 4.78 is 7.96. The third kappa shape index (κ3) is 2.56. The maximum atomic E-state index is 10.7. The van der Waals surface area contributed by atoms with Crippen molar-refractivity contribution in [3.63, 3.8) is 0 Å². The number of hydrogen-bond donors (Lipinski definition) is 2. The zero-order valence-corrected chi connectivity index (χ0v) is 11.8. The number of carboxylic acid groups (broad SMARTS) is 1. The molecule has 108 valence electrons. The largest absolute Gasteiger partial charge is 0.481 e. The normalized spacial score (nSPS) is 29.0. The summed E-state index contributed by atoms with van der Waals surface area (Å²) in [6.45, 7) is 5.91. The highest BCUT2D eigenvalue weighted by molar-refractivity contribution is 7.99. The van der Waals surface area contributed by atoms with Gasteiger partial charge in [0, 0.05) is 19.6 Å². The van der Waals surface area contributed by atoms with Gasteiger partial charge < -0.3 is 10.8 Å². The second kappa shape index (κ2) is 5.15. The summed E-state index contributed by atoms with van der Waals surface area (Å²) in [5, 5.41) is 9.13. The van der Waals surface area contributed by atoms with Gasteiger partial charge in [0.25, 0.3) is 0 Å². The van der Waals surface area contributed by atoms with E-state index in [1.54, 1.807) is 0 Å². The topological polar surface area (TPSA) is 105 Å². The molecular formula is C11H17N6O2S+. The lowest BCUT2D eigenvalue weighted by Gasteiger charge is -2.48. The smallest absolute Gasteiger partial charge is 0.334 e. The maximum absolute atomic E-state index is 10.7. The number of rotatable bonds is 5. The van der Waals surface area contributed by atoms with Gasteiger partial charge in [0.2, 0.25) is 5.95 Å². The molecule has 1 aromatic heterocycles. The van der Waals surface area contributed by atoms with Crippen LogP contribution in [0.15, 0.2) is 5.16 Å². The molecule has 0 amide bonds. The quantitative estimate of drug-likeness (QED) is 0.541. The molecule has 3 saturated heterocycles. The zero-order valence-electron chi connectivity index (χ0n) is 11.9. The molecule has 3 N–H and O–H groups in total. The van der Waals surface area contributed by atoms with Crippen molar-refractivity contribution in [3.05, 3.63) is 0 Å². The number of nitrogens with zero attached hydrogens (tertiary/aromatic N) is 5. The van der Waals surface area contributed by atoms with Gasteiger partial charge in [-0.1, -0.05) is 11.8 Å². The van der Waals surface area contributed by atoms with E-state index < -0.39 is 5.97 Å². The van der Waals surface area contributed by atoms with Crippen molar-refractivity contribution >= 4 is 29.6 Å². The summed E-state index contributed by atoms with van der Waals surface area (Å²) in [5.41, 5.74) is 2.20. The molecule has 0 spiro atoms. The molecule has 2 bridgehead atoms. The number of thioether (sulfide) groups is 1. The van der Waals surface area contributed by atoms with Crippen LogP contribution in [0.25, 0.3) is 0 Å². The molecule has 20 heavy (non-hydrogen) atoms. The van der Waals surface area contributed by atoms with Crippen LogP contribution >= 0.6 is 11.8 Å². The van der Waals surface area contributed by atoms with Gasteiger partial charge >= 0.3 is 11.9 Å². The lowest BCUT2D eigenvalue weighted by molar-refractivity contribution is -0.133. The molecule has 3 aliphatic heterocycles. The number of fused-ring (bicyclic) bond motifs is 3. The molecule has 0 unspecified atom stereocenters. The van der Waals surface area contributed by atoms with E-state index in [1.165, 1.54) is 0 Å². The van der Waals surface area contributed by atoms with E-state index >= 15 is 0 Å². The Morgan fingerprint density at radius 1 is 1.35 bits per heavy atom. The second-order valence-corrected chi connectivity index (χ2v) is 6.02. The predicted molar refractivity (Wildman–Crippen MR) is 75.4 cm³/mol. The third-order valence-electron chi connectivity index (χ3n) is 3.88. The molecule has 4 heterocycles. The first-order valence-corrected chi connectivity index (χ1v) is 7.47. The van der Waals surface area contributed by atoms with E-state index in [9.17, 15) is 4.79 Å². The van der Waals surface area contributed by atoms with Crippen molar-refractivity contribution in [2.45, 2.75) is 5.16 Å². The summed E-state index contributed by atoms with van der Waals surface area (Å²) in [6, 6.07) is 0. The van der Waals surface area contributed by atoms with Gasteiger partial charge in [-0.25, -0.2) is 0 Å². The Morgan fingerprint density at radius 3 is 2.65 bits per heavy atom. The molecular weight excluding hydrogens is 280 g/mol. The van der Waals surface area contributed by atoms with E-state index in [4.69, 9.17) is 6.52 Å². The number of carbonyl (C=O) groups is 1. The molecule has 9 heteroatoms. The van der Waals surface area contributed by atoms with Crippen molar-refractivity contribution in [2.75, 3.05) is 50.7 Å². The van der Waals surface area contributed by atoms with E-state index in [0.29, 0.717) is 15.6 Å². The lowest BCUT2D eigenvalue weighted by Crippen LogP contribution is -2.69. The zero-order chi connectivity index (χ0) is 14.9. The van der Waals surface area contributed by atoms with Crippen LogP contribution in [0, 0.1) is 0 Å². The molecule has 8 nitrogen and oxygen atoms in total. The van der Waals surface area contributed by atoms with Crippen molar-refractivity contribution in [1.82, 2.24) is 24.3 Å². The number of aliphatic carboxylic acids is 1. The minimum Gasteiger partial charge on any atom is -0.481 e. The fourth-order valence-corrected chi connectivity index (χ4v) is 3.27. The van der Waals surface area contributed by atoms with E-state index in [1.807, 2.05) is 0 Å². The SMILES string of the molecule is [2H]Nc1nc(SCC(=O)O)nc([N+]23CCN(CC2)CC3)n1. The second-order valence-electron chi connectivity index (χ2n) is 5.08. The van der Waals surface area contributed by atoms with Gasteiger partial charge in [0.15, 0.2) is 6.57 Å². The fraction of sp³-hybridized carbons (Fsp3) is 0.636. The number of hydrogen-bond acceptors (Lipinski definition) is 7. The highest BCUT2D eigenvalue weighted by atomic mass is 32.2. The Morgan fingerprint density at radius 2 is 2.05 bits per heavy atom. The van der Waals surface area contributed by atoms with Crippen molar-refractivity contribution in [1.29, 1.82) is 0 Å². The van der Waals surface area contributed by atoms with Crippen LogP contribution < -0.4 is 10.2 Å². The van der Waals surface area contributed by atoms with Crippen LogP contribution in [0.3, 0.4) is 0 Å². The average Bonchev–Trinajstić information content (AvgIpc) is 2.54. The molecule has 0 saturated carbocycles. The lowest BCUT2D eigenvalue weighted by atomic mass is 10.1. The van der Waals surface area contributed by atoms with Gasteiger partial charge in [0.1, 0.15) is 0 Å². The van der Waals surface area contributed by atoms with Gasteiger partial charge in [-0.05, 0) is 0 Å². The van der Waals surface area contributed by atoms with Crippen LogP contribution in [0.2, 0.25) is 1.41 Å². The number of piperazine rings is 3. The number of carboxylic acids is 1. The van der Waals surface area contributed by atoms with Gasteiger partial charge in [-0.2, -0.15) is 9.97 Å². The summed E-state index contributed by atoms with van der Waals surface area (Å²) in [7, 11) is 0. The number of aromatic nitrogens is 3. The first kappa shape index (κ1) is 12.3. The molecule has 4 rings (SSSR count). The van der Waals surface area contributed by atoms with Gasteiger partial charge in [0.05, 0.1) is 25.4 Å². The average molecular weight is 298 g/mol. The maximum Gasteiger partial charge on any atom is 0.334 e. The summed E-state index contributed by atoms with van der Waals surface area (Å²) in [5.74, 6) is -0.198. The first-order chi connectivity index (χ1) is 10.1. The van der Waals surface area contributed by atoms with Crippen molar-refractivity contribution in [2.24, 2.45) is 0 Å². The molecule has 3 fully saturated rings. The number of nitrogen functional groups attached to an aromatic ring is 1. The molecule has 0 radical (unpaired) electrons. The Balaban J connectivity index is 1.89. The van der Waals surface area contributed by atoms with Gasteiger partial charge in [-0.15, -0.1) is 4.98 Å². The van der Waals surface area contributed by atoms with Gasteiger partial charge in [-0.3, -0.25) is 14.2 Å².